The predicted octanol–water partition coefficient (Wildman–Crippen LogP) is 0.934. The van der Waals surface area contributed by atoms with Gasteiger partial charge in [-0.2, -0.15) is 5.10 Å². The van der Waals surface area contributed by atoms with Gasteiger partial charge in [0.25, 0.3) is 0 Å². The maximum atomic E-state index is 11.1. The number of H-pyrrole nitrogens is 1. The summed E-state index contributed by atoms with van der Waals surface area (Å²) in [4.78, 5) is 32.0. The van der Waals surface area contributed by atoms with Crippen molar-refractivity contribution in [2.75, 3.05) is 14.2 Å². The predicted molar refractivity (Wildman–Crippen MR) is 67.8 cm³/mol. The van der Waals surface area contributed by atoms with E-state index in [0.29, 0.717) is 0 Å². The lowest BCUT2D eigenvalue weighted by Gasteiger charge is -1.95. The minimum absolute atomic E-state index is 0.507. The van der Waals surface area contributed by atoms with E-state index in [1.807, 2.05) is 0 Å². The van der Waals surface area contributed by atoms with Gasteiger partial charge in [0.15, 0.2) is 0 Å². The average Bonchev–Trinajstić information content (AvgIpc) is 2.80. The molecule has 0 aliphatic heterocycles. The van der Waals surface area contributed by atoms with Crippen LogP contribution in [0.25, 0.3) is 0 Å². The fourth-order valence-corrected chi connectivity index (χ4v) is 0.997. The normalized spacial score (nSPS) is 9.45. The first-order valence-electron chi connectivity index (χ1n) is 4.39. The second kappa shape index (κ2) is 8.45. The van der Waals surface area contributed by atoms with Gasteiger partial charge in [-0.05, 0) is 0 Å². The Balaban J connectivity index is 0.000000796. The summed E-state index contributed by atoms with van der Waals surface area (Å²) in [5.41, 5.74) is -1.85. The lowest BCUT2D eigenvalue weighted by atomic mass is 10.3. The van der Waals surface area contributed by atoms with Gasteiger partial charge in [-0.3, -0.25) is 15.2 Å². The molecule has 0 fully saturated rings. The van der Waals surface area contributed by atoms with Gasteiger partial charge in [-0.15, -0.1) is 0 Å². The van der Waals surface area contributed by atoms with Gasteiger partial charge in [0, 0.05) is 21.4 Å². The number of halogens is 2. The largest absolute Gasteiger partial charge is 0.464 e. The van der Waals surface area contributed by atoms with Crippen LogP contribution >= 0.6 is 21.4 Å². The first kappa shape index (κ1) is 18.3. The van der Waals surface area contributed by atoms with E-state index in [1.165, 1.54) is 0 Å². The molecular weight excluding hydrogens is 341 g/mol. The average molecular weight is 348 g/mol. The Morgan fingerprint density at radius 2 is 1.75 bits per heavy atom. The van der Waals surface area contributed by atoms with Crippen LogP contribution < -0.4 is 0 Å². The molecule has 0 bridgehead atoms. The van der Waals surface area contributed by atoms with Crippen molar-refractivity contribution >= 4 is 48.2 Å². The van der Waals surface area contributed by atoms with Crippen molar-refractivity contribution in [2.24, 2.45) is 0 Å². The Morgan fingerprint density at radius 3 is 2.10 bits per heavy atom. The highest BCUT2D eigenvalue weighted by atomic mass is 36.0. The van der Waals surface area contributed by atoms with E-state index in [4.69, 9.17) is 4.21 Å². The zero-order valence-corrected chi connectivity index (χ0v) is 12.2. The van der Waals surface area contributed by atoms with Crippen molar-refractivity contribution in [1.82, 2.24) is 10.2 Å². The molecule has 1 N–H and O–H groups in total. The third kappa shape index (κ3) is 5.11. The summed E-state index contributed by atoms with van der Waals surface area (Å²) >= 11 is 0. The number of carbonyl (C=O) groups is 2. The zero-order valence-electron chi connectivity index (χ0n) is 9.92. The summed E-state index contributed by atoms with van der Waals surface area (Å²) in [5.74, 6) is -2.01. The van der Waals surface area contributed by atoms with Crippen LogP contribution in [0.5, 0.6) is 0 Å². The number of rotatable bonds is 3. The monoisotopic (exact) mass is 347 g/mol. The number of nitrogens with zero attached hydrogens (tertiary/aromatic N) is 2. The van der Waals surface area contributed by atoms with Gasteiger partial charge >= 0.3 is 17.6 Å². The standard InChI is InChI=1S/C7H7N3O6.Cl2OS/c1-15-6(11)3-5(10(13)14)4(9-8-3)7(12)16-2;1-4(2)3/h1-2H3,(H,8,9);. The zero-order chi connectivity index (χ0) is 15.9. The molecule has 1 aromatic heterocycles. The summed E-state index contributed by atoms with van der Waals surface area (Å²) in [6.07, 6.45) is 0. The Kier molecular flexibility index (Phi) is 7.72. The highest BCUT2D eigenvalue weighted by Gasteiger charge is 2.33. The van der Waals surface area contributed by atoms with E-state index in [-0.39, 0.29) is 0 Å². The Labute approximate surface area is 122 Å². The molecule has 0 saturated heterocycles. The smallest absolute Gasteiger partial charge is 0.365 e. The lowest BCUT2D eigenvalue weighted by molar-refractivity contribution is -0.385. The van der Waals surface area contributed by atoms with E-state index in [9.17, 15) is 19.7 Å². The molecule has 0 aromatic carbocycles. The van der Waals surface area contributed by atoms with Gasteiger partial charge in [0.2, 0.25) is 20.6 Å². The van der Waals surface area contributed by atoms with Gasteiger partial charge in [-0.1, -0.05) is 0 Å². The number of hydrogen-bond donors (Lipinski definition) is 1. The molecule has 0 amide bonds. The maximum absolute atomic E-state index is 11.1. The fourth-order valence-electron chi connectivity index (χ4n) is 0.997. The van der Waals surface area contributed by atoms with Gasteiger partial charge in [0.05, 0.1) is 19.1 Å². The first-order valence-corrected chi connectivity index (χ1v) is 7.20. The Bertz CT molecular complexity index is 509. The minimum Gasteiger partial charge on any atom is -0.464 e. The lowest BCUT2D eigenvalue weighted by Crippen LogP contribution is -2.08. The van der Waals surface area contributed by atoms with Crippen molar-refractivity contribution in [1.29, 1.82) is 0 Å². The van der Waals surface area contributed by atoms with Crippen LogP contribution in [0.4, 0.5) is 5.69 Å². The number of carbonyl (C=O) groups excluding carboxylic acids is 2. The molecule has 0 saturated carbocycles. The van der Waals surface area contributed by atoms with E-state index in [1.54, 1.807) is 0 Å². The van der Waals surface area contributed by atoms with E-state index >= 15 is 0 Å². The highest BCUT2D eigenvalue weighted by molar-refractivity contribution is 8.26. The maximum Gasteiger partial charge on any atom is 0.365 e. The van der Waals surface area contributed by atoms with E-state index < -0.39 is 43.2 Å². The number of hydrogen-bond acceptors (Lipinski definition) is 8. The van der Waals surface area contributed by atoms with E-state index in [0.717, 1.165) is 14.2 Å². The quantitative estimate of drug-likeness (QED) is 0.368. The third-order valence-electron chi connectivity index (χ3n) is 1.69. The number of nitrogens with one attached hydrogen (secondary N) is 1. The van der Waals surface area contributed by atoms with Crippen LogP contribution in [-0.4, -0.2) is 45.5 Å². The molecule has 112 valence electrons. The van der Waals surface area contributed by atoms with Gasteiger partial charge in [-0.25, -0.2) is 13.8 Å². The van der Waals surface area contributed by atoms with Crippen LogP contribution in [0.3, 0.4) is 0 Å². The van der Waals surface area contributed by atoms with Crippen LogP contribution in [-0.2, 0) is 18.7 Å². The van der Waals surface area contributed by atoms with Crippen molar-refractivity contribution in [3.05, 3.63) is 21.5 Å². The van der Waals surface area contributed by atoms with Crippen molar-refractivity contribution < 1.29 is 28.2 Å². The second-order valence-electron chi connectivity index (χ2n) is 2.72. The number of aromatic amines is 1. The first-order chi connectivity index (χ1) is 9.26. The van der Waals surface area contributed by atoms with Crippen molar-refractivity contribution in [3.8, 4) is 0 Å². The molecular formula is C7H7Cl2N3O7S. The van der Waals surface area contributed by atoms with Crippen LogP contribution in [0.1, 0.15) is 21.0 Å². The van der Waals surface area contributed by atoms with E-state index in [2.05, 4.69) is 41.0 Å². The molecule has 1 rings (SSSR count). The minimum atomic E-state index is -1.67. The number of methoxy groups -OCH3 is 2. The molecule has 13 heteroatoms. The summed E-state index contributed by atoms with van der Waals surface area (Å²) in [6.45, 7) is 0. The molecule has 20 heavy (non-hydrogen) atoms. The molecule has 1 aromatic rings. The molecule has 1 heterocycles. The van der Waals surface area contributed by atoms with Crippen LogP contribution in [0, 0.1) is 10.1 Å². The summed E-state index contributed by atoms with van der Waals surface area (Å²) in [6, 6.07) is 0. The summed E-state index contributed by atoms with van der Waals surface area (Å²) in [7, 11) is 9.44. The van der Waals surface area contributed by atoms with Crippen molar-refractivity contribution in [2.45, 2.75) is 0 Å². The molecule has 0 aliphatic carbocycles. The molecule has 10 nitrogen and oxygen atoms in total. The van der Waals surface area contributed by atoms with Crippen LogP contribution in [0.15, 0.2) is 0 Å². The highest BCUT2D eigenvalue weighted by Crippen LogP contribution is 2.22. The number of nitro groups is 1. The Morgan fingerprint density at radius 1 is 1.30 bits per heavy atom. The molecule has 0 aliphatic rings. The van der Waals surface area contributed by atoms with Gasteiger partial charge < -0.3 is 9.47 Å². The molecule has 0 radical (unpaired) electrons. The molecule has 0 spiro atoms. The second-order valence-corrected chi connectivity index (χ2v) is 5.24. The third-order valence-corrected chi connectivity index (χ3v) is 1.69. The Hall–Kier alpha value is -1.72. The van der Waals surface area contributed by atoms with Gasteiger partial charge in [0.1, 0.15) is 0 Å². The summed E-state index contributed by atoms with van der Waals surface area (Å²) < 4.78 is 17.6. The van der Waals surface area contributed by atoms with Crippen LogP contribution in [0.2, 0.25) is 0 Å². The number of ether oxygens (including phenoxy) is 2. The summed E-state index contributed by atoms with van der Waals surface area (Å²) in [5, 5.41) is 16.1. The molecule has 0 unspecified atom stereocenters. The number of esters is 2. The SMILES string of the molecule is COC(=O)c1n[nH]c(C(=O)OC)c1[N+](=O)[O-].O=S(Cl)Cl. The molecule has 0 atom stereocenters. The topological polar surface area (TPSA) is 141 Å². The fraction of sp³-hybridized carbons (Fsp3) is 0.286. The van der Waals surface area contributed by atoms with Crippen molar-refractivity contribution in [3.63, 3.8) is 0 Å². The number of aromatic nitrogens is 2.